The van der Waals surface area contributed by atoms with Crippen LogP contribution in [0.5, 0.6) is 0 Å². The molecule has 0 radical (unpaired) electrons. The molecule has 0 aromatic carbocycles. The fourth-order valence-electron chi connectivity index (χ4n) is 2.34. The van der Waals surface area contributed by atoms with Crippen molar-refractivity contribution >= 4 is 11.8 Å². The van der Waals surface area contributed by atoms with Gasteiger partial charge in [-0.05, 0) is 32.1 Å². The first-order valence-electron chi connectivity index (χ1n) is 6.61. The van der Waals surface area contributed by atoms with Crippen molar-refractivity contribution in [3.63, 3.8) is 0 Å². The molecule has 4 nitrogen and oxygen atoms in total. The molecule has 1 saturated carbocycles. The lowest BCUT2D eigenvalue weighted by molar-refractivity contribution is -0.133. The van der Waals surface area contributed by atoms with Gasteiger partial charge in [0.2, 0.25) is 11.8 Å². The molecule has 0 spiro atoms. The number of hydrogen-bond acceptors (Lipinski definition) is 2. The minimum absolute atomic E-state index is 0.113. The molecule has 1 aliphatic carbocycles. The minimum Gasteiger partial charge on any atom is -0.369 e. The average molecular weight is 252 g/mol. The Morgan fingerprint density at radius 2 is 2.00 bits per heavy atom. The van der Waals surface area contributed by atoms with E-state index in [1.807, 2.05) is 6.92 Å². The van der Waals surface area contributed by atoms with Crippen LogP contribution < -0.4 is 11.1 Å². The summed E-state index contributed by atoms with van der Waals surface area (Å²) in [5.41, 5.74) is 6.37. The van der Waals surface area contributed by atoms with Gasteiger partial charge in [-0.3, -0.25) is 9.59 Å². The maximum absolute atomic E-state index is 11.9. The quantitative estimate of drug-likeness (QED) is 0.644. The third-order valence-corrected chi connectivity index (χ3v) is 3.59. The van der Waals surface area contributed by atoms with Crippen LogP contribution in [0.1, 0.15) is 39.0 Å². The smallest absolute Gasteiger partial charge is 0.223 e. The summed E-state index contributed by atoms with van der Waals surface area (Å²) in [6.07, 6.45) is 4.73. The van der Waals surface area contributed by atoms with E-state index >= 15 is 0 Å². The fourth-order valence-corrected chi connectivity index (χ4v) is 2.34. The van der Waals surface area contributed by atoms with Gasteiger partial charge in [0.15, 0.2) is 0 Å². The minimum atomic E-state index is -0.373. The van der Waals surface area contributed by atoms with Crippen LogP contribution in [0.2, 0.25) is 0 Å². The number of hydrogen-bond donors (Lipinski definition) is 2. The second kappa shape index (κ2) is 6.57. The highest BCUT2D eigenvalue weighted by Gasteiger charge is 2.33. The van der Waals surface area contributed by atoms with Crippen molar-refractivity contribution in [1.29, 1.82) is 0 Å². The predicted octanol–water partition coefficient (Wildman–Crippen LogP) is 1.61. The largest absolute Gasteiger partial charge is 0.369 e. The van der Waals surface area contributed by atoms with Gasteiger partial charge >= 0.3 is 0 Å². The van der Waals surface area contributed by atoms with Gasteiger partial charge in [0, 0.05) is 13.0 Å². The maximum Gasteiger partial charge on any atom is 0.223 e. The zero-order valence-corrected chi connectivity index (χ0v) is 11.4. The number of carbonyl (C=O) groups is 2. The van der Waals surface area contributed by atoms with Gasteiger partial charge in [0.05, 0.1) is 5.92 Å². The third kappa shape index (κ3) is 4.51. The molecule has 2 amide bonds. The van der Waals surface area contributed by atoms with Crippen molar-refractivity contribution in [2.75, 3.05) is 7.05 Å². The molecule has 1 rings (SSSR count). The van der Waals surface area contributed by atoms with E-state index in [2.05, 4.69) is 11.9 Å². The number of carbonyl (C=O) groups excluding carboxylic acids is 2. The molecule has 4 heteroatoms. The number of amides is 2. The molecule has 1 unspecified atom stereocenters. The van der Waals surface area contributed by atoms with E-state index in [0.717, 1.165) is 17.9 Å². The van der Waals surface area contributed by atoms with Crippen molar-refractivity contribution in [3.05, 3.63) is 12.2 Å². The van der Waals surface area contributed by atoms with E-state index in [1.54, 1.807) is 7.05 Å². The summed E-state index contributed by atoms with van der Waals surface area (Å²) < 4.78 is 0. The van der Waals surface area contributed by atoms with Crippen molar-refractivity contribution in [2.24, 2.45) is 23.5 Å². The molecule has 0 aromatic heterocycles. The van der Waals surface area contributed by atoms with E-state index < -0.39 is 0 Å². The summed E-state index contributed by atoms with van der Waals surface area (Å²) in [5, 5.41) is 2.62. The van der Waals surface area contributed by atoms with Crippen LogP contribution in [0.15, 0.2) is 12.2 Å². The summed E-state index contributed by atoms with van der Waals surface area (Å²) in [6, 6.07) is 0. The highest BCUT2D eigenvalue weighted by molar-refractivity contribution is 5.86. The van der Waals surface area contributed by atoms with Crippen molar-refractivity contribution in [1.82, 2.24) is 5.32 Å². The Morgan fingerprint density at radius 1 is 1.39 bits per heavy atom. The average Bonchev–Trinajstić information content (AvgIpc) is 3.09. The van der Waals surface area contributed by atoms with E-state index in [1.165, 1.54) is 12.8 Å². The Hall–Kier alpha value is -1.32. The molecule has 0 aliphatic heterocycles. The lowest BCUT2D eigenvalue weighted by Crippen LogP contribution is -2.39. The zero-order chi connectivity index (χ0) is 13.7. The van der Waals surface area contributed by atoms with Crippen LogP contribution in [-0.2, 0) is 9.59 Å². The maximum atomic E-state index is 11.9. The van der Waals surface area contributed by atoms with Crippen LogP contribution in [-0.4, -0.2) is 18.9 Å². The van der Waals surface area contributed by atoms with Crippen LogP contribution in [0, 0.1) is 17.8 Å². The van der Waals surface area contributed by atoms with Gasteiger partial charge < -0.3 is 11.1 Å². The molecule has 0 aromatic rings. The zero-order valence-electron chi connectivity index (χ0n) is 11.4. The van der Waals surface area contributed by atoms with Crippen LogP contribution in [0.25, 0.3) is 0 Å². The summed E-state index contributed by atoms with van der Waals surface area (Å²) >= 11 is 0. The van der Waals surface area contributed by atoms with Crippen LogP contribution in [0.3, 0.4) is 0 Å². The van der Waals surface area contributed by atoms with Crippen molar-refractivity contribution in [3.8, 4) is 0 Å². The first-order valence-corrected chi connectivity index (χ1v) is 6.61. The Morgan fingerprint density at radius 3 is 2.39 bits per heavy atom. The van der Waals surface area contributed by atoms with Gasteiger partial charge in [-0.2, -0.15) is 0 Å². The van der Waals surface area contributed by atoms with Crippen molar-refractivity contribution < 1.29 is 9.59 Å². The fraction of sp³-hybridized carbons (Fsp3) is 0.714. The first-order chi connectivity index (χ1) is 8.45. The summed E-state index contributed by atoms with van der Waals surface area (Å²) in [4.78, 5) is 23.5. The SMILES string of the molecule is C=C(C)CC(C(=O)NC)[C@H](CCC1CC1)C(N)=O. The van der Waals surface area contributed by atoms with E-state index in [4.69, 9.17) is 5.73 Å². The topological polar surface area (TPSA) is 72.2 Å². The molecule has 2 atom stereocenters. The summed E-state index contributed by atoms with van der Waals surface area (Å²) in [7, 11) is 1.59. The molecular weight excluding hydrogens is 228 g/mol. The molecule has 0 saturated heterocycles. The number of nitrogens with one attached hydrogen (secondary N) is 1. The first kappa shape index (κ1) is 14.7. The van der Waals surface area contributed by atoms with E-state index in [0.29, 0.717) is 12.8 Å². The Balaban J connectivity index is 2.70. The Kier molecular flexibility index (Phi) is 5.38. The highest BCUT2D eigenvalue weighted by atomic mass is 16.2. The summed E-state index contributed by atoms with van der Waals surface area (Å²) in [5.74, 6) is -0.490. The standard InChI is InChI=1S/C14H24N2O2/c1-9(2)8-12(14(18)16-3)11(13(15)17)7-6-10-4-5-10/h10-12H,1,4-8H2,2-3H3,(H2,15,17)(H,16,18)/t11-,12?/m0/s1. The monoisotopic (exact) mass is 252 g/mol. The van der Waals surface area contributed by atoms with E-state index in [9.17, 15) is 9.59 Å². The molecule has 102 valence electrons. The molecule has 0 heterocycles. The Labute approximate surface area is 109 Å². The second-order valence-electron chi connectivity index (χ2n) is 5.41. The molecule has 1 aliphatic rings. The molecule has 1 fully saturated rings. The van der Waals surface area contributed by atoms with E-state index in [-0.39, 0.29) is 23.7 Å². The molecule has 18 heavy (non-hydrogen) atoms. The number of primary amides is 1. The third-order valence-electron chi connectivity index (χ3n) is 3.59. The number of nitrogens with two attached hydrogens (primary N) is 1. The van der Waals surface area contributed by atoms with Gasteiger partial charge in [0.25, 0.3) is 0 Å². The van der Waals surface area contributed by atoms with Gasteiger partial charge in [0.1, 0.15) is 0 Å². The normalized spacial score (nSPS) is 17.9. The number of rotatable bonds is 8. The predicted molar refractivity (Wildman–Crippen MR) is 71.6 cm³/mol. The van der Waals surface area contributed by atoms with Gasteiger partial charge in [-0.1, -0.05) is 18.4 Å². The molecule has 3 N–H and O–H groups in total. The molecule has 0 bridgehead atoms. The van der Waals surface area contributed by atoms with Gasteiger partial charge in [-0.25, -0.2) is 0 Å². The van der Waals surface area contributed by atoms with Crippen LogP contribution >= 0.6 is 0 Å². The Bertz CT molecular complexity index is 335. The lowest BCUT2D eigenvalue weighted by atomic mass is 9.82. The lowest BCUT2D eigenvalue weighted by Gasteiger charge is -2.23. The summed E-state index contributed by atoms with van der Waals surface area (Å²) in [6.45, 7) is 5.70. The molecular formula is C14H24N2O2. The second-order valence-corrected chi connectivity index (χ2v) is 5.41. The van der Waals surface area contributed by atoms with Crippen molar-refractivity contribution in [2.45, 2.75) is 39.0 Å². The van der Waals surface area contributed by atoms with Gasteiger partial charge in [-0.15, -0.1) is 6.58 Å². The van der Waals surface area contributed by atoms with Crippen LogP contribution in [0.4, 0.5) is 0 Å². The highest BCUT2D eigenvalue weighted by Crippen LogP contribution is 2.36. The number of allylic oxidation sites excluding steroid dienone is 1.